The van der Waals surface area contributed by atoms with Crippen LogP contribution in [0.15, 0.2) is 34.0 Å². The van der Waals surface area contributed by atoms with E-state index in [1.807, 2.05) is 4.83 Å². The van der Waals surface area contributed by atoms with Crippen LogP contribution >= 0.6 is 0 Å². The highest BCUT2D eigenvalue weighted by atomic mass is 32.2. The number of hydrogen-bond donors (Lipinski definition) is 5. The Balaban J connectivity index is 2.22. The predicted octanol–water partition coefficient (Wildman–Crippen LogP) is 0.251. The van der Waals surface area contributed by atoms with Crippen LogP contribution in [0, 0.1) is 12.3 Å². The Morgan fingerprint density at radius 1 is 1.36 bits per heavy atom. The van der Waals surface area contributed by atoms with Crippen LogP contribution in [0.5, 0.6) is 5.88 Å². The molecule has 0 aliphatic heterocycles. The molecule has 0 saturated heterocycles. The summed E-state index contributed by atoms with van der Waals surface area (Å²) >= 11 is 0. The molecule has 1 aromatic carbocycles. The van der Waals surface area contributed by atoms with Gasteiger partial charge >= 0.3 is 0 Å². The number of aromatic nitrogens is 3. The molecule has 6 N–H and O–H groups in total. The first kappa shape index (κ1) is 16.5. The number of anilines is 1. The van der Waals surface area contributed by atoms with Gasteiger partial charge in [0.15, 0.2) is 5.82 Å². The summed E-state index contributed by atoms with van der Waals surface area (Å²) in [6, 6.07) is 5.92. The van der Waals surface area contributed by atoms with Crippen LogP contribution < -0.4 is 16.1 Å². The van der Waals surface area contributed by atoms with Gasteiger partial charge in [0.05, 0.1) is 16.0 Å². The quantitative estimate of drug-likeness (QED) is 0.417. The van der Waals surface area contributed by atoms with Crippen LogP contribution in [0.3, 0.4) is 0 Å². The molecule has 0 radical (unpaired) electrons. The lowest BCUT2D eigenvalue weighted by Crippen LogP contribution is -2.34. The topological polar surface area (TPSA) is 167 Å². The Hall–Kier alpha value is -3.34. The molecule has 0 saturated carbocycles. The molecule has 3 rings (SSSR count). The number of pyridine rings is 1. The molecule has 0 unspecified atom stereocenters. The van der Waals surface area contributed by atoms with Gasteiger partial charge in [0, 0.05) is 6.21 Å². The maximum absolute atomic E-state index is 12.5. The van der Waals surface area contributed by atoms with Crippen molar-refractivity contribution in [1.82, 2.24) is 14.9 Å². The summed E-state index contributed by atoms with van der Waals surface area (Å²) in [4.78, 5) is 14.4. The number of fused-ring (bicyclic) bond motifs is 1. The van der Waals surface area contributed by atoms with Gasteiger partial charge in [-0.15, -0.1) is 0 Å². The van der Waals surface area contributed by atoms with E-state index >= 15 is 0 Å². The van der Waals surface area contributed by atoms with E-state index in [9.17, 15) is 18.3 Å². The van der Waals surface area contributed by atoms with Crippen molar-refractivity contribution in [3.63, 3.8) is 0 Å². The van der Waals surface area contributed by atoms with Gasteiger partial charge in [-0.3, -0.25) is 9.89 Å². The van der Waals surface area contributed by atoms with E-state index in [0.717, 1.165) is 11.8 Å². The van der Waals surface area contributed by atoms with E-state index in [0.29, 0.717) is 4.68 Å². The molecule has 11 heteroatoms. The van der Waals surface area contributed by atoms with Gasteiger partial charge in [-0.25, -0.2) is 4.83 Å². The summed E-state index contributed by atoms with van der Waals surface area (Å²) in [7, 11) is -4.16. The molecular weight excluding hydrogens is 348 g/mol. The highest BCUT2D eigenvalue weighted by Gasteiger charge is 2.23. The zero-order chi connectivity index (χ0) is 18.4. The van der Waals surface area contributed by atoms with Crippen LogP contribution in [-0.2, 0) is 10.0 Å². The van der Waals surface area contributed by atoms with E-state index in [4.69, 9.17) is 11.1 Å². The molecule has 10 nitrogen and oxygen atoms in total. The number of aryl methyl sites for hydroxylation is 1. The molecule has 0 atom stereocenters. The van der Waals surface area contributed by atoms with Crippen molar-refractivity contribution in [3.8, 4) is 5.88 Å². The lowest BCUT2D eigenvalue weighted by atomic mass is 10.2. The molecule has 130 valence electrons. The van der Waals surface area contributed by atoms with Gasteiger partial charge in [0.1, 0.15) is 5.39 Å². The molecule has 25 heavy (non-hydrogen) atoms. The summed E-state index contributed by atoms with van der Waals surface area (Å²) in [5, 5.41) is 23.6. The third kappa shape index (κ3) is 2.59. The third-order valence-corrected chi connectivity index (χ3v) is 4.94. The Morgan fingerprint density at radius 2 is 2.00 bits per heavy atom. The number of hydrogen-bond acceptors (Lipinski definition) is 7. The lowest BCUT2D eigenvalue weighted by Gasteiger charge is -2.14. The van der Waals surface area contributed by atoms with Gasteiger partial charge in [-0.2, -0.15) is 18.2 Å². The number of benzene rings is 1. The Labute approximate surface area is 141 Å². The Kier molecular flexibility index (Phi) is 3.72. The first-order valence-electron chi connectivity index (χ1n) is 6.97. The van der Waals surface area contributed by atoms with Crippen LogP contribution in [0.2, 0.25) is 0 Å². The summed E-state index contributed by atoms with van der Waals surface area (Å²) in [6.07, 6.45) is 0.755. The summed E-state index contributed by atoms with van der Waals surface area (Å²) in [6.45, 7) is 1.80. The van der Waals surface area contributed by atoms with Crippen molar-refractivity contribution in [2.24, 2.45) is 0 Å². The van der Waals surface area contributed by atoms with Crippen LogP contribution in [0.1, 0.15) is 11.1 Å². The van der Waals surface area contributed by atoms with E-state index in [-0.39, 0.29) is 27.2 Å². The normalized spacial score (nSPS) is 11.6. The fraction of sp³-hybridized carbons (Fsp3) is 0.0714. The summed E-state index contributed by atoms with van der Waals surface area (Å²) < 4.78 is 25.4. The number of H-pyrrole nitrogens is 1. The zero-order valence-electron chi connectivity index (χ0n) is 12.9. The molecule has 0 bridgehead atoms. The fourth-order valence-corrected chi connectivity index (χ4v) is 3.33. The van der Waals surface area contributed by atoms with Crippen LogP contribution in [0.25, 0.3) is 10.9 Å². The summed E-state index contributed by atoms with van der Waals surface area (Å²) in [5.74, 6) is -0.932. The average molecular weight is 362 g/mol. The van der Waals surface area contributed by atoms with E-state index in [2.05, 4.69) is 10.2 Å². The molecule has 2 aromatic heterocycles. The maximum Gasteiger partial charge on any atom is 0.286 e. The number of aromatic amines is 1. The third-order valence-electron chi connectivity index (χ3n) is 3.62. The van der Waals surface area contributed by atoms with Crippen LogP contribution in [-0.4, -0.2) is 34.6 Å². The average Bonchev–Trinajstić information content (AvgIpc) is 2.94. The highest BCUT2D eigenvalue weighted by molar-refractivity contribution is 7.92. The highest BCUT2D eigenvalue weighted by Crippen LogP contribution is 2.24. The van der Waals surface area contributed by atoms with Crippen molar-refractivity contribution >= 4 is 33.0 Å². The number of nitrogens with one attached hydrogen (secondary N) is 3. The second-order valence-electron chi connectivity index (χ2n) is 5.29. The number of nitrogen functional groups attached to an aromatic ring is 1. The molecule has 0 fully saturated rings. The predicted molar refractivity (Wildman–Crippen MR) is 92.0 cm³/mol. The van der Waals surface area contributed by atoms with E-state index in [1.165, 1.54) is 12.1 Å². The molecule has 2 heterocycles. The first-order chi connectivity index (χ1) is 11.8. The number of aromatic hydroxyl groups is 1. The van der Waals surface area contributed by atoms with Crippen molar-refractivity contribution in [1.29, 1.82) is 5.41 Å². The minimum atomic E-state index is -4.16. The molecular formula is C14H14N6O4S. The summed E-state index contributed by atoms with van der Waals surface area (Å²) in [5.41, 5.74) is 5.47. The van der Waals surface area contributed by atoms with Crippen molar-refractivity contribution in [2.75, 3.05) is 10.6 Å². The van der Waals surface area contributed by atoms with E-state index in [1.54, 1.807) is 19.1 Å². The standard InChI is InChI=1S/C14H14N6O4S/c1-7-2-4-8(5-3-7)25(23,24)19-20-13(21)9(6-15)11-10(14(20)22)12(16)18-17-11/h2-6,15,19,21H,1H3,(H3,16,17,18). The van der Waals surface area contributed by atoms with Gasteiger partial charge < -0.3 is 16.2 Å². The van der Waals surface area contributed by atoms with Gasteiger partial charge in [0.25, 0.3) is 15.6 Å². The van der Waals surface area contributed by atoms with Crippen molar-refractivity contribution < 1.29 is 13.5 Å². The number of rotatable bonds is 4. The number of nitrogens with zero attached hydrogens (tertiary/aromatic N) is 2. The lowest BCUT2D eigenvalue weighted by molar-refractivity contribution is 0.429. The molecule has 0 spiro atoms. The second-order valence-corrected chi connectivity index (χ2v) is 6.95. The number of nitrogens with two attached hydrogens (primary N) is 1. The number of sulfonamides is 1. The molecule has 0 aliphatic rings. The van der Waals surface area contributed by atoms with Crippen LogP contribution in [0.4, 0.5) is 5.82 Å². The Bertz CT molecular complexity index is 1140. The second kappa shape index (κ2) is 5.63. The molecule has 0 amide bonds. The monoisotopic (exact) mass is 362 g/mol. The molecule has 3 aromatic rings. The van der Waals surface area contributed by atoms with Gasteiger partial charge in [-0.05, 0) is 19.1 Å². The van der Waals surface area contributed by atoms with Gasteiger partial charge in [0.2, 0.25) is 5.88 Å². The van der Waals surface area contributed by atoms with Gasteiger partial charge in [-0.1, -0.05) is 17.7 Å². The first-order valence-corrected chi connectivity index (χ1v) is 8.46. The largest absolute Gasteiger partial charge is 0.493 e. The maximum atomic E-state index is 12.5. The smallest absolute Gasteiger partial charge is 0.286 e. The minimum Gasteiger partial charge on any atom is -0.493 e. The van der Waals surface area contributed by atoms with Crippen molar-refractivity contribution in [2.45, 2.75) is 11.8 Å². The molecule has 0 aliphatic carbocycles. The SMILES string of the molecule is Cc1ccc(S(=O)(=O)Nn2c(O)c(C=N)c3[nH]nc(N)c3c2=O)cc1. The zero-order valence-corrected chi connectivity index (χ0v) is 13.8. The minimum absolute atomic E-state index is 0.0424. The Morgan fingerprint density at radius 3 is 2.60 bits per heavy atom. The fourth-order valence-electron chi connectivity index (χ4n) is 2.32. The van der Waals surface area contributed by atoms with Crippen molar-refractivity contribution in [3.05, 3.63) is 45.7 Å². The van der Waals surface area contributed by atoms with E-state index < -0.39 is 21.5 Å².